The van der Waals surface area contributed by atoms with Gasteiger partial charge in [-0.15, -0.1) is 0 Å². The van der Waals surface area contributed by atoms with Crippen molar-refractivity contribution in [1.29, 1.82) is 0 Å². The third kappa shape index (κ3) is 2.73. The van der Waals surface area contributed by atoms with E-state index in [1.54, 1.807) is 12.1 Å². The van der Waals surface area contributed by atoms with Gasteiger partial charge in [-0.2, -0.15) is 0 Å². The molecule has 0 saturated heterocycles. The monoisotopic (exact) mass is 236 g/mol. The van der Waals surface area contributed by atoms with Crippen LogP contribution >= 0.6 is 0 Å². The fourth-order valence-corrected chi connectivity index (χ4v) is 1.84. The maximum absolute atomic E-state index is 9.45. The predicted octanol–water partition coefficient (Wildman–Crippen LogP) is 3.66. The molecule has 0 aromatic heterocycles. The van der Waals surface area contributed by atoms with Crippen LogP contribution in [-0.4, -0.2) is 5.11 Å². The molecule has 18 heavy (non-hydrogen) atoms. The SMILES string of the molecule is CCc1cc(O)ccc1C#Cc1ccccc1C. The summed E-state index contributed by atoms with van der Waals surface area (Å²) >= 11 is 0. The van der Waals surface area contributed by atoms with Crippen LogP contribution in [0.5, 0.6) is 5.75 Å². The number of phenolic OH excluding ortho intramolecular Hbond substituents is 1. The number of rotatable bonds is 1. The smallest absolute Gasteiger partial charge is 0.115 e. The fraction of sp³-hybridized carbons (Fsp3) is 0.176. The highest BCUT2D eigenvalue weighted by Gasteiger charge is 1.99. The average Bonchev–Trinajstić information content (AvgIpc) is 2.39. The van der Waals surface area contributed by atoms with Crippen molar-refractivity contribution >= 4 is 0 Å². The van der Waals surface area contributed by atoms with E-state index in [0.717, 1.165) is 23.1 Å². The first kappa shape index (κ1) is 12.3. The Kier molecular flexibility index (Phi) is 3.69. The van der Waals surface area contributed by atoms with E-state index in [-0.39, 0.29) is 0 Å². The van der Waals surface area contributed by atoms with Gasteiger partial charge in [0.25, 0.3) is 0 Å². The molecule has 0 spiro atoms. The van der Waals surface area contributed by atoms with Crippen LogP contribution in [-0.2, 0) is 6.42 Å². The number of aromatic hydroxyl groups is 1. The number of hydrogen-bond donors (Lipinski definition) is 1. The zero-order valence-electron chi connectivity index (χ0n) is 10.7. The minimum Gasteiger partial charge on any atom is -0.508 e. The lowest BCUT2D eigenvalue weighted by atomic mass is 10.0. The summed E-state index contributed by atoms with van der Waals surface area (Å²) in [5.41, 5.74) is 4.30. The summed E-state index contributed by atoms with van der Waals surface area (Å²) in [6, 6.07) is 13.4. The Balaban J connectivity index is 2.39. The van der Waals surface area contributed by atoms with Crippen LogP contribution in [0.1, 0.15) is 29.2 Å². The highest BCUT2D eigenvalue weighted by Crippen LogP contribution is 2.16. The van der Waals surface area contributed by atoms with Gasteiger partial charge in [0.05, 0.1) is 0 Å². The Morgan fingerprint density at radius 2 is 1.72 bits per heavy atom. The van der Waals surface area contributed by atoms with E-state index in [2.05, 4.69) is 31.8 Å². The summed E-state index contributed by atoms with van der Waals surface area (Å²) in [5.74, 6) is 6.68. The largest absolute Gasteiger partial charge is 0.508 e. The van der Waals surface area contributed by atoms with Gasteiger partial charge in [-0.25, -0.2) is 0 Å². The van der Waals surface area contributed by atoms with Crippen LogP contribution in [0.3, 0.4) is 0 Å². The molecule has 1 nitrogen and oxygen atoms in total. The van der Waals surface area contributed by atoms with Crippen molar-refractivity contribution in [2.45, 2.75) is 20.3 Å². The molecule has 90 valence electrons. The van der Waals surface area contributed by atoms with Crippen molar-refractivity contribution in [3.63, 3.8) is 0 Å². The fourth-order valence-electron chi connectivity index (χ4n) is 1.84. The molecule has 0 radical (unpaired) electrons. The van der Waals surface area contributed by atoms with Crippen molar-refractivity contribution < 1.29 is 5.11 Å². The third-order valence-electron chi connectivity index (χ3n) is 2.95. The van der Waals surface area contributed by atoms with Gasteiger partial charge in [0.15, 0.2) is 0 Å². The minimum atomic E-state index is 0.299. The van der Waals surface area contributed by atoms with E-state index in [0.29, 0.717) is 5.75 Å². The van der Waals surface area contributed by atoms with Crippen molar-refractivity contribution in [3.8, 4) is 17.6 Å². The lowest BCUT2D eigenvalue weighted by molar-refractivity contribution is 0.474. The van der Waals surface area contributed by atoms with Crippen LogP contribution in [0.25, 0.3) is 0 Å². The molecular formula is C17H16O. The zero-order chi connectivity index (χ0) is 13.0. The zero-order valence-corrected chi connectivity index (χ0v) is 10.7. The van der Waals surface area contributed by atoms with Gasteiger partial charge < -0.3 is 5.11 Å². The van der Waals surface area contributed by atoms with Gasteiger partial charge in [-0.3, -0.25) is 0 Å². The van der Waals surface area contributed by atoms with Gasteiger partial charge in [0.2, 0.25) is 0 Å². The minimum absolute atomic E-state index is 0.299. The molecule has 0 unspecified atom stereocenters. The van der Waals surface area contributed by atoms with Crippen LogP contribution in [0.15, 0.2) is 42.5 Å². The Morgan fingerprint density at radius 3 is 2.44 bits per heavy atom. The van der Waals surface area contributed by atoms with Crippen molar-refractivity contribution in [1.82, 2.24) is 0 Å². The molecule has 0 amide bonds. The topological polar surface area (TPSA) is 20.2 Å². The van der Waals surface area contributed by atoms with E-state index in [1.807, 2.05) is 24.3 Å². The van der Waals surface area contributed by atoms with Crippen LogP contribution < -0.4 is 0 Å². The lowest BCUT2D eigenvalue weighted by Gasteiger charge is -2.02. The van der Waals surface area contributed by atoms with Crippen LogP contribution in [0, 0.1) is 18.8 Å². The van der Waals surface area contributed by atoms with E-state index >= 15 is 0 Å². The van der Waals surface area contributed by atoms with Crippen LogP contribution in [0.2, 0.25) is 0 Å². The Labute approximate surface area is 108 Å². The first-order valence-corrected chi connectivity index (χ1v) is 6.10. The molecule has 0 heterocycles. The number of phenols is 1. The maximum atomic E-state index is 9.45. The Hall–Kier alpha value is -2.20. The highest BCUT2D eigenvalue weighted by atomic mass is 16.3. The third-order valence-corrected chi connectivity index (χ3v) is 2.95. The van der Waals surface area contributed by atoms with Crippen molar-refractivity contribution in [2.24, 2.45) is 0 Å². The normalized spacial score (nSPS) is 9.67. The molecule has 1 N–H and O–H groups in total. The van der Waals surface area contributed by atoms with Gasteiger partial charge in [-0.05, 0) is 48.7 Å². The average molecular weight is 236 g/mol. The summed E-state index contributed by atoms with van der Waals surface area (Å²) in [6.07, 6.45) is 0.867. The lowest BCUT2D eigenvalue weighted by Crippen LogP contribution is -1.87. The molecule has 0 bridgehead atoms. The molecule has 0 fully saturated rings. The summed E-state index contributed by atoms with van der Waals surface area (Å²) in [7, 11) is 0. The standard InChI is InChI=1S/C17H16O/c1-3-14-12-17(18)11-10-16(14)9-8-15-7-5-4-6-13(15)2/h4-7,10-12,18H,3H2,1-2H3. The second-order valence-electron chi connectivity index (χ2n) is 4.26. The molecule has 2 aromatic rings. The van der Waals surface area contributed by atoms with Crippen molar-refractivity contribution in [3.05, 3.63) is 64.7 Å². The van der Waals surface area contributed by atoms with E-state index in [9.17, 15) is 5.11 Å². The molecule has 0 aliphatic carbocycles. The second kappa shape index (κ2) is 5.42. The molecule has 2 aromatic carbocycles. The molecule has 2 rings (SSSR count). The number of hydrogen-bond acceptors (Lipinski definition) is 1. The summed E-state index contributed by atoms with van der Waals surface area (Å²) in [6.45, 7) is 4.12. The van der Waals surface area contributed by atoms with Crippen molar-refractivity contribution in [2.75, 3.05) is 0 Å². The first-order valence-electron chi connectivity index (χ1n) is 6.10. The maximum Gasteiger partial charge on any atom is 0.115 e. The summed E-state index contributed by atoms with van der Waals surface area (Å²) < 4.78 is 0. The quantitative estimate of drug-likeness (QED) is 0.749. The van der Waals surface area contributed by atoms with E-state index in [4.69, 9.17) is 0 Å². The molecule has 0 aliphatic rings. The van der Waals surface area contributed by atoms with Crippen LogP contribution in [0.4, 0.5) is 0 Å². The van der Waals surface area contributed by atoms with Gasteiger partial charge >= 0.3 is 0 Å². The van der Waals surface area contributed by atoms with Gasteiger partial charge in [0, 0.05) is 11.1 Å². The highest BCUT2D eigenvalue weighted by molar-refractivity contribution is 5.50. The Morgan fingerprint density at radius 1 is 1.00 bits per heavy atom. The number of benzene rings is 2. The first-order chi connectivity index (χ1) is 8.70. The van der Waals surface area contributed by atoms with E-state index in [1.165, 1.54) is 5.56 Å². The summed E-state index contributed by atoms with van der Waals surface area (Å²) in [5, 5.41) is 9.45. The molecule has 0 aliphatic heterocycles. The molecular weight excluding hydrogens is 220 g/mol. The molecule has 0 saturated carbocycles. The second-order valence-corrected chi connectivity index (χ2v) is 4.26. The summed E-state index contributed by atoms with van der Waals surface area (Å²) in [4.78, 5) is 0. The predicted molar refractivity (Wildman–Crippen MR) is 74.6 cm³/mol. The number of aryl methyl sites for hydroxylation is 2. The van der Waals surface area contributed by atoms with E-state index < -0.39 is 0 Å². The van der Waals surface area contributed by atoms with Gasteiger partial charge in [-0.1, -0.05) is 37.0 Å². The Bertz CT molecular complexity index is 615. The van der Waals surface area contributed by atoms with Gasteiger partial charge in [0.1, 0.15) is 5.75 Å². The molecule has 1 heteroatoms. The molecule has 0 atom stereocenters.